The molecule has 0 radical (unpaired) electrons. The highest BCUT2D eigenvalue weighted by Crippen LogP contribution is 2.30. The van der Waals surface area contributed by atoms with Gasteiger partial charge in [0.1, 0.15) is 10.0 Å². The normalized spacial score (nSPS) is 12.8. The zero-order valence-electron chi connectivity index (χ0n) is 9.07. The lowest BCUT2D eigenvalue weighted by Gasteiger charge is -2.02. The van der Waals surface area contributed by atoms with Gasteiger partial charge in [0.05, 0.1) is 6.04 Å². The summed E-state index contributed by atoms with van der Waals surface area (Å²) in [6, 6.07) is 6.16. The Hall–Kier alpha value is -0.530. The van der Waals surface area contributed by atoms with Crippen molar-refractivity contribution in [3.05, 3.63) is 32.3 Å². The van der Waals surface area contributed by atoms with Crippen LogP contribution < -0.4 is 5.73 Å². The lowest BCUT2D eigenvalue weighted by atomic mass is 10.1. The van der Waals surface area contributed by atoms with E-state index >= 15 is 0 Å². The Balaban J connectivity index is 2.47. The average molecular weight is 345 g/mol. The first-order chi connectivity index (χ1) is 7.59. The highest BCUT2D eigenvalue weighted by Gasteiger charge is 2.12. The Morgan fingerprint density at radius 3 is 2.75 bits per heavy atom. The number of nitrogens with zero attached hydrogens (tertiary/aromatic N) is 2. The van der Waals surface area contributed by atoms with Crippen LogP contribution in [0.2, 0.25) is 0 Å². The summed E-state index contributed by atoms with van der Waals surface area (Å²) in [5.74, 6) is 0. The van der Waals surface area contributed by atoms with Crippen LogP contribution in [-0.2, 0) is 0 Å². The molecule has 0 saturated carbocycles. The molecule has 0 aliphatic carbocycles. The minimum absolute atomic E-state index is 0.0475. The fraction of sp³-hybridized carbons (Fsp3) is 0.273. The van der Waals surface area contributed by atoms with Crippen LogP contribution >= 0.6 is 33.9 Å². The van der Waals surface area contributed by atoms with Gasteiger partial charge in [-0.2, -0.15) is 0 Å². The van der Waals surface area contributed by atoms with Crippen molar-refractivity contribution < 1.29 is 0 Å². The molecule has 2 aromatic rings. The third-order valence-corrected chi connectivity index (χ3v) is 4.84. The Morgan fingerprint density at radius 1 is 1.38 bits per heavy atom. The van der Waals surface area contributed by atoms with Gasteiger partial charge < -0.3 is 5.73 Å². The van der Waals surface area contributed by atoms with Crippen molar-refractivity contribution in [1.29, 1.82) is 0 Å². The molecule has 0 spiro atoms. The topological polar surface area (TPSA) is 51.8 Å². The number of aryl methyl sites for hydroxylation is 1. The van der Waals surface area contributed by atoms with Crippen LogP contribution in [0.15, 0.2) is 18.2 Å². The number of hydrogen-bond acceptors (Lipinski definition) is 4. The molecule has 1 aromatic heterocycles. The summed E-state index contributed by atoms with van der Waals surface area (Å²) < 4.78 is 1.23. The molecule has 1 heterocycles. The van der Waals surface area contributed by atoms with Gasteiger partial charge in [-0.05, 0) is 42.0 Å². The molecule has 0 aliphatic rings. The first-order valence-electron chi connectivity index (χ1n) is 4.94. The number of benzene rings is 1. The van der Waals surface area contributed by atoms with Gasteiger partial charge in [-0.3, -0.25) is 0 Å². The van der Waals surface area contributed by atoms with Crippen molar-refractivity contribution in [3.63, 3.8) is 0 Å². The van der Waals surface area contributed by atoms with Crippen LogP contribution in [0.3, 0.4) is 0 Å². The lowest BCUT2D eigenvalue weighted by molar-refractivity contribution is 0.786. The van der Waals surface area contributed by atoms with E-state index in [2.05, 4.69) is 51.8 Å². The Labute approximate surface area is 112 Å². The molecular weight excluding hydrogens is 333 g/mol. The molecule has 0 fully saturated rings. The smallest absolute Gasteiger partial charge is 0.148 e. The van der Waals surface area contributed by atoms with Crippen LogP contribution in [0.25, 0.3) is 10.6 Å². The Bertz CT molecular complexity index is 508. The van der Waals surface area contributed by atoms with Crippen molar-refractivity contribution >= 4 is 33.9 Å². The van der Waals surface area contributed by atoms with Crippen molar-refractivity contribution in [2.75, 3.05) is 0 Å². The van der Waals surface area contributed by atoms with Crippen molar-refractivity contribution in [1.82, 2.24) is 10.2 Å². The average Bonchev–Trinajstić information content (AvgIpc) is 2.71. The van der Waals surface area contributed by atoms with Crippen LogP contribution in [0.4, 0.5) is 0 Å². The second kappa shape index (κ2) is 4.77. The molecule has 0 bridgehead atoms. The number of nitrogens with two attached hydrogens (primary N) is 1. The van der Waals surface area contributed by atoms with E-state index in [1.54, 1.807) is 11.3 Å². The predicted molar refractivity (Wildman–Crippen MR) is 75.4 cm³/mol. The molecule has 2 rings (SSSR count). The van der Waals surface area contributed by atoms with E-state index in [4.69, 9.17) is 5.73 Å². The SMILES string of the molecule is Cc1cccc(-c2nnc(C(C)N)s2)c1I. The second-order valence-electron chi connectivity index (χ2n) is 3.67. The van der Waals surface area contributed by atoms with E-state index in [1.165, 1.54) is 9.13 Å². The fourth-order valence-electron chi connectivity index (χ4n) is 1.34. The summed E-state index contributed by atoms with van der Waals surface area (Å²) in [4.78, 5) is 0. The maximum atomic E-state index is 5.78. The number of rotatable bonds is 2. The van der Waals surface area contributed by atoms with Crippen LogP contribution in [0, 0.1) is 10.5 Å². The highest BCUT2D eigenvalue weighted by atomic mass is 127. The third kappa shape index (κ3) is 2.26. The van der Waals surface area contributed by atoms with Gasteiger partial charge in [0.25, 0.3) is 0 Å². The molecule has 2 N–H and O–H groups in total. The van der Waals surface area contributed by atoms with E-state index in [0.717, 1.165) is 15.6 Å². The van der Waals surface area contributed by atoms with Gasteiger partial charge in [0.2, 0.25) is 0 Å². The predicted octanol–water partition coefficient (Wildman–Crippen LogP) is 3.14. The zero-order chi connectivity index (χ0) is 11.7. The van der Waals surface area contributed by atoms with Gasteiger partial charge in [0.15, 0.2) is 0 Å². The van der Waals surface area contributed by atoms with Gasteiger partial charge in [-0.1, -0.05) is 29.5 Å². The van der Waals surface area contributed by atoms with Gasteiger partial charge in [0, 0.05) is 9.13 Å². The van der Waals surface area contributed by atoms with E-state index in [-0.39, 0.29) is 6.04 Å². The van der Waals surface area contributed by atoms with Gasteiger partial charge >= 0.3 is 0 Å². The molecule has 1 atom stereocenters. The summed E-state index contributed by atoms with van der Waals surface area (Å²) in [6.45, 7) is 4.02. The summed E-state index contributed by atoms with van der Waals surface area (Å²) in [5, 5.41) is 10.1. The summed E-state index contributed by atoms with van der Waals surface area (Å²) in [6.07, 6.45) is 0. The molecule has 0 saturated heterocycles. The van der Waals surface area contributed by atoms with Crippen molar-refractivity contribution in [2.45, 2.75) is 19.9 Å². The zero-order valence-corrected chi connectivity index (χ0v) is 12.0. The quantitative estimate of drug-likeness (QED) is 0.851. The van der Waals surface area contributed by atoms with E-state index in [1.807, 2.05) is 13.0 Å². The molecule has 0 aliphatic heterocycles. The minimum atomic E-state index is -0.0475. The maximum Gasteiger partial charge on any atom is 0.148 e. The first-order valence-corrected chi connectivity index (χ1v) is 6.83. The summed E-state index contributed by atoms with van der Waals surface area (Å²) >= 11 is 3.91. The highest BCUT2D eigenvalue weighted by molar-refractivity contribution is 14.1. The second-order valence-corrected chi connectivity index (χ2v) is 5.76. The number of hydrogen-bond donors (Lipinski definition) is 1. The van der Waals surface area contributed by atoms with Crippen molar-refractivity contribution in [3.8, 4) is 10.6 Å². The van der Waals surface area contributed by atoms with Crippen LogP contribution in [-0.4, -0.2) is 10.2 Å². The standard InChI is InChI=1S/C11H12IN3S/c1-6-4-3-5-8(9(6)12)11-15-14-10(16-11)7(2)13/h3-5,7H,13H2,1-2H3. The minimum Gasteiger partial charge on any atom is -0.322 e. The molecule has 3 nitrogen and oxygen atoms in total. The molecule has 16 heavy (non-hydrogen) atoms. The first kappa shape index (κ1) is 11.9. The fourth-order valence-corrected chi connectivity index (χ4v) is 2.97. The molecule has 84 valence electrons. The lowest BCUT2D eigenvalue weighted by Crippen LogP contribution is -2.03. The van der Waals surface area contributed by atoms with Crippen LogP contribution in [0.5, 0.6) is 0 Å². The number of halogens is 1. The summed E-state index contributed by atoms with van der Waals surface area (Å²) in [7, 11) is 0. The van der Waals surface area contributed by atoms with Crippen LogP contribution in [0.1, 0.15) is 23.5 Å². The molecule has 1 unspecified atom stereocenters. The molecule has 1 aromatic carbocycles. The maximum absolute atomic E-state index is 5.78. The van der Waals surface area contributed by atoms with E-state index < -0.39 is 0 Å². The van der Waals surface area contributed by atoms with E-state index in [9.17, 15) is 0 Å². The largest absolute Gasteiger partial charge is 0.322 e. The Morgan fingerprint density at radius 2 is 2.12 bits per heavy atom. The summed E-state index contributed by atoms with van der Waals surface area (Å²) in [5.41, 5.74) is 8.18. The van der Waals surface area contributed by atoms with E-state index in [0.29, 0.717) is 0 Å². The van der Waals surface area contributed by atoms with Crippen molar-refractivity contribution in [2.24, 2.45) is 5.73 Å². The van der Waals surface area contributed by atoms with Gasteiger partial charge in [-0.15, -0.1) is 10.2 Å². The monoisotopic (exact) mass is 345 g/mol. The van der Waals surface area contributed by atoms with Gasteiger partial charge in [-0.25, -0.2) is 0 Å². The Kier molecular flexibility index (Phi) is 3.56. The molecular formula is C11H12IN3S. The molecule has 0 amide bonds. The third-order valence-electron chi connectivity index (χ3n) is 2.25. The number of aromatic nitrogens is 2. The molecule has 5 heteroatoms.